The summed E-state index contributed by atoms with van der Waals surface area (Å²) in [7, 11) is 3.09. The number of benzene rings is 2. The number of amides is 2. The average Bonchev–Trinajstić information content (AvgIpc) is 2.83. The molecule has 7 heteroatoms. The van der Waals surface area contributed by atoms with E-state index in [0.717, 1.165) is 31.5 Å². The van der Waals surface area contributed by atoms with Crippen molar-refractivity contribution in [3.63, 3.8) is 0 Å². The Morgan fingerprint density at radius 1 is 1.03 bits per heavy atom. The van der Waals surface area contributed by atoms with E-state index in [4.69, 9.17) is 9.47 Å². The first-order valence-electron chi connectivity index (χ1n) is 10.7. The van der Waals surface area contributed by atoms with E-state index in [2.05, 4.69) is 10.6 Å². The number of hydrogen-bond acceptors (Lipinski definition) is 5. The molecule has 0 atom stereocenters. The van der Waals surface area contributed by atoms with Gasteiger partial charge in [0.2, 0.25) is 0 Å². The number of nitrogens with one attached hydrogen (secondary N) is 2. The van der Waals surface area contributed by atoms with Crippen LogP contribution < -0.4 is 20.1 Å². The van der Waals surface area contributed by atoms with Gasteiger partial charge in [-0.25, -0.2) is 0 Å². The second-order valence-electron chi connectivity index (χ2n) is 7.53. The lowest BCUT2D eigenvalue weighted by atomic mass is 10.0. The maximum absolute atomic E-state index is 13.1. The van der Waals surface area contributed by atoms with Crippen LogP contribution >= 0.6 is 0 Å². The fourth-order valence-electron chi connectivity index (χ4n) is 3.93. The molecule has 1 aliphatic heterocycles. The highest BCUT2D eigenvalue weighted by atomic mass is 16.5. The van der Waals surface area contributed by atoms with Crippen molar-refractivity contribution >= 4 is 11.8 Å². The van der Waals surface area contributed by atoms with Gasteiger partial charge in [0.25, 0.3) is 11.8 Å². The first-order valence-corrected chi connectivity index (χ1v) is 10.7. The number of carbonyl (C=O) groups excluding carboxylic acids is 2. The Bertz CT molecular complexity index is 909. The first kappa shape index (κ1) is 22.6. The highest BCUT2D eigenvalue weighted by Gasteiger charge is 2.25. The monoisotopic (exact) mass is 425 g/mol. The third kappa shape index (κ3) is 5.55. The van der Waals surface area contributed by atoms with Gasteiger partial charge in [-0.1, -0.05) is 12.1 Å². The number of carbonyl (C=O) groups is 2. The molecule has 0 aromatic heterocycles. The van der Waals surface area contributed by atoms with Gasteiger partial charge in [0.05, 0.1) is 14.2 Å². The summed E-state index contributed by atoms with van der Waals surface area (Å²) in [6.07, 6.45) is 1.95. The summed E-state index contributed by atoms with van der Waals surface area (Å²) in [6, 6.07) is 12.8. The molecule has 1 saturated heterocycles. The van der Waals surface area contributed by atoms with Gasteiger partial charge in [0.15, 0.2) is 11.5 Å². The van der Waals surface area contributed by atoms with E-state index in [1.165, 1.54) is 7.11 Å². The van der Waals surface area contributed by atoms with Gasteiger partial charge in [-0.2, -0.15) is 0 Å². The topological polar surface area (TPSA) is 79.9 Å². The molecule has 0 aliphatic carbocycles. The molecule has 7 nitrogen and oxygen atoms in total. The fraction of sp³-hybridized carbons (Fsp3) is 0.417. The summed E-state index contributed by atoms with van der Waals surface area (Å²) in [5.41, 5.74) is 2.01. The van der Waals surface area contributed by atoms with Crippen LogP contribution in [0.4, 0.5) is 0 Å². The normalized spacial score (nSPS) is 14.0. The molecule has 2 N–H and O–H groups in total. The largest absolute Gasteiger partial charge is 0.493 e. The molecule has 2 aromatic rings. The van der Waals surface area contributed by atoms with Crippen LogP contribution in [0.2, 0.25) is 0 Å². The smallest absolute Gasteiger partial charge is 0.254 e. The average molecular weight is 426 g/mol. The van der Waals surface area contributed by atoms with Crippen molar-refractivity contribution < 1.29 is 19.1 Å². The zero-order chi connectivity index (χ0) is 22.2. The van der Waals surface area contributed by atoms with Gasteiger partial charge < -0.3 is 25.0 Å². The van der Waals surface area contributed by atoms with Crippen LogP contribution in [0.3, 0.4) is 0 Å². The van der Waals surface area contributed by atoms with E-state index in [9.17, 15) is 9.59 Å². The number of hydrogen-bond donors (Lipinski definition) is 2. The van der Waals surface area contributed by atoms with E-state index in [1.54, 1.807) is 25.3 Å². The summed E-state index contributed by atoms with van der Waals surface area (Å²) in [5.74, 6) is 0.893. The standard InChI is InChI=1S/C24H31N3O4/c1-4-27(20-10-12-25-13-11-20)24(29)19-7-5-6-17(14-19)16-26-23(28)18-8-9-21(30-2)22(15-18)31-3/h5-9,14-15,20,25H,4,10-13,16H2,1-3H3,(H,26,28). The second kappa shape index (κ2) is 10.8. The zero-order valence-corrected chi connectivity index (χ0v) is 18.4. The maximum atomic E-state index is 13.1. The lowest BCUT2D eigenvalue weighted by Gasteiger charge is -2.34. The van der Waals surface area contributed by atoms with Gasteiger partial charge >= 0.3 is 0 Å². The van der Waals surface area contributed by atoms with E-state index < -0.39 is 0 Å². The zero-order valence-electron chi connectivity index (χ0n) is 18.4. The molecule has 0 spiro atoms. The number of piperidine rings is 1. The summed E-state index contributed by atoms with van der Waals surface area (Å²) in [5, 5.41) is 6.25. The molecule has 1 fully saturated rings. The van der Waals surface area contributed by atoms with Gasteiger partial charge in [0.1, 0.15) is 0 Å². The Morgan fingerprint density at radius 2 is 1.77 bits per heavy atom. The van der Waals surface area contributed by atoms with Crippen LogP contribution in [0.5, 0.6) is 11.5 Å². The minimum Gasteiger partial charge on any atom is -0.493 e. The van der Waals surface area contributed by atoms with Crippen molar-refractivity contribution in [3.05, 3.63) is 59.2 Å². The third-order valence-electron chi connectivity index (χ3n) is 5.62. The fourth-order valence-corrected chi connectivity index (χ4v) is 3.93. The molecule has 0 unspecified atom stereocenters. The molecule has 166 valence electrons. The number of ether oxygens (including phenoxy) is 2. The molecule has 31 heavy (non-hydrogen) atoms. The molecule has 0 bridgehead atoms. The van der Waals surface area contributed by atoms with Gasteiger partial charge in [-0.3, -0.25) is 9.59 Å². The molecular weight excluding hydrogens is 394 g/mol. The minimum absolute atomic E-state index is 0.0440. The Labute approximate surface area is 183 Å². The van der Waals surface area contributed by atoms with Crippen molar-refractivity contribution in [1.29, 1.82) is 0 Å². The van der Waals surface area contributed by atoms with Gasteiger partial charge in [-0.05, 0) is 68.8 Å². The molecular formula is C24H31N3O4. The van der Waals surface area contributed by atoms with E-state index in [1.807, 2.05) is 36.1 Å². The Kier molecular flexibility index (Phi) is 7.89. The van der Waals surface area contributed by atoms with Crippen molar-refractivity contribution in [2.24, 2.45) is 0 Å². The minimum atomic E-state index is -0.220. The van der Waals surface area contributed by atoms with Gasteiger partial charge in [0, 0.05) is 30.3 Å². The van der Waals surface area contributed by atoms with E-state index in [0.29, 0.717) is 35.7 Å². The highest BCUT2D eigenvalue weighted by Crippen LogP contribution is 2.27. The quantitative estimate of drug-likeness (QED) is 0.680. The Balaban J connectivity index is 1.66. The van der Waals surface area contributed by atoms with Gasteiger partial charge in [-0.15, -0.1) is 0 Å². The molecule has 0 saturated carbocycles. The lowest BCUT2D eigenvalue weighted by Crippen LogP contribution is -2.46. The molecule has 0 radical (unpaired) electrons. The predicted octanol–water partition coefficient (Wildman–Crippen LogP) is 2.85. The molecule has 1 heterocycles. The molecule has 2 aromatic carbocycles. The summed E-state index contributed by atoms with van der Waals surface area (Å²) in [6.45, 7) is 4.91. The van der Waals surface area contributed by atoms with Crippen molar-refractivity contribution in [2.75, 3.05) is 33.9 Å². The second-order valence-corrected chi connectivity index (χ2v) is 7.53. The van der Waals surface area contributed by atoms with Crippen LogP contribution in [-0.2, 0) is 6.54 Å². The summed E-state index contributed by atoms with van der Waals surface area (Å²) < 4.78 is 10.5. The lowest BCUT2D eigenvalue weighted by molar-refractivity contribution is 0.0656. The van der Waals surface area contributed by atoms with Crippen LogP contribution in [0, 0.1) is 0 Å². The summed E-state index contributed by atoms with van der Waals surface area (Å²) in [4.78, 5) is 27.6. The predicted molar refractivity (Wildman–Crippen MR) is 120 cm³/mol. The summed E-state index contributed by atoms with van der Waals surface area (Å²) >= 11 is 0. The molecule has 1 aliphatic rings. The number of nitrogens with zero attached hydrogens (tertiary/aromatic N) is 1. The van der Waals surface area contributed by atoms with E-state index >= 15 is 0 Å². The SMILES string of the molecule is CCN(C(=O)c1cccc(CNC(=O)c2ccc(OC)c(OC)c2)c1)C1CCNCC1. The Hall–Kier alpha value is -3.06. The number of rotatable bonds is 8. The van der Waals surface area contributed by atoms with Crippen molar-refractivity contribution in [1.82, 2.24) is 15.5 Å². The molecule has 3 rings (SSSR count). The third-order valence-corrected chi connectivity index (χ3v) is 5.62. The van der Waals surface area contributed by atoms with Crippen molar-refractivity contribution in [2.45, 2.75) is 32.4 Å². The first-order chi connectivity index (χ1) is 15.1. The van der Waals surface area contributed by atoms with Crippen LogP contribution in [0.1, 0.15) is 46.0 Å². The molecule has 2 amide bonds. The van der Waals surface area contributed by atoms with Crippen molar-refractivity contribution in [3.8, 4) is 11.5 Å². The Morgan fingerprint density at radius 3 is 2.45 bits per heavy atom. The van der Waals surface area contributed by atoms with Crippen LogP contribution in [0.15, 0.2) is 42.5 Å². The highest BCUT2D eigenvalue weighted by molar-refractivity contribution is 5.95. The van der Waals surface area contributed by atoms with Crippen LogP contribution in [-0.4, -0.2) is 56.6 Å². The van der Waals surface area contributed by atoms with Crippen LogP contribution in [0.25, 0.3) is 0 Å². The maximum Gasteiger partial charge on any atom is 0.254 e. The number of methoxy groups -OCH3 is 2. The van der Waals surface area contributed by atoms with E-state index in [-0.39, 0.29) is 17.9 Å².